The minimum atomic E-state index is 1.22. The molecule has 1 heterocycles. The van der Waals surface area contributed by atoms with Gasteiger partial charge < -0.3 is 0 Å². The largest absolute Gasteiger partial charge is 0.143 e. The Morgan fingerprint density at radius 1 is 0.407 bits per heavy atom. The third-order valence-corrected chi connectivity index (χ3v) is 5.40. The minimum absolute atomic E-state index is 1.22. The van der Waals surface area contributed by atoms with Crippen molar-refractivity contribution in [1.82, 2.24) is 0 Å². The van der Waals surface area contributed by atoms with Crippen LogP contribution in [0.5, 0.6) is 0 Å². The van der Waals surface area contributed by atoms with E-state index in [-0.39, 0.29) is 0 Å². The molecule has 0 fully saturated rings. The first kappa shape index (κ1) is 17.3. The first-order valence-electron chi connectivity index (χ1n) is 9.04. The van der Waals surface area contributed by atoms with Crippen LogP contribution in [0.25, 0.3) is 32.7 Å². The van der Waals surface area contributed by atoms with E-state index < -0.39 is 0 Å². The minimum Gasteiger partial charge on any atom is -0.143 e. The molecule has 27 heavy (non-hydrogen) atoms. The van der Waals surface area contributed by atoms with Crippen molar-refractivity contribution in [3.8, 4) is 32.7 Å². The third kappa shape index (κ3) is 3.99. The molecule has 0 bridgehead atoms. The predicted molar refractivity (Wildman–Crippen MR) is 118 cm³/mol. The maximum atomic E-state index is 2.22. The maximum Gasteiger partial charge on any atom is 0.0427 e. The van der Waals surface area contributed by atoms with Gasteiger partial charge in [0.25, 0.3) is 0 Å². The van der Waals surface area contributed by atoms with E-state index in [1.807, 2.05) is 0 Å². The Morgan fingerprint density at radius 2 is 0.889 bits per heavy atom. The molecule has 0 saturated carbocycles. The molecular formula is C26H20S. The third-order valence-electron chi connectivity index (χ3n) is 4.43. The fourth-order valence-electron chi connectivity index (χ4n) is 3.18. The van der Waals surface area contributed by atoms with Gasteiger partial charge in [-0.05, 0) is 27.6 Å². The molecule has 0 saturated heterocycles. The summed E-state index contributed by atoms with van der Waals surface area (Å²) in [5.41, 5.74) is 6.16. The Morgan fingerprint density at radius 3 is 1.52 bits per heavy atom. The summed E-state index contributed by atoms with van der Waals surface area (Å²) >= 11 is 1.77. The van der Waals surface area contributed by atoms with Gasteiger partial charge in [0.1, 0.15) is 0 Å². The van der Waals surface area contributed by atoms with Crippen molar-refractivity contribution in [3.63, 3.8) is 0 Å². The monoisotopic (exact) mass is 364 g/mol. The highest BCUT2D eigenvalue weighted by molar-refractivity contribution is 7.13. The van der Waals surface area contributed by atoms with E-state index in [2.05, 4.69) is 121 Å². The summed E-state index contributed by atoms with van der Waals surface area (Å²) in [7, 11) is 0. The molecule has 0 amide bonds. The van der Waals surface area contributed by atoms with Crippen molar-refractivity contribution >= 4 is 11.3 Å². The first-order chi connectivity index (χ1) is 13.4. The summed E-state index contributed by atoms with van der Waals surface area (Å²) in [4.78, 5) is 1.26. The number of benzene rings is 3. The molecule has 0 nitrogen and oxygen atoms in total. The molecule has 0 aliphatic rings. The lowest BCUT2D eigenvalue weighted by atomic mass is 9.93. The van der Waals surface area contributed by atoms with Crippen molar-refractivity contribution in [2.45, 2.75) is 0 Å². The Hall–Kier alpha value is -3.16. The average molecular weight is 365 g/mol. The van der Waals surface area contributed by atoms with Crippen molar-refractivity contribution in [3.05, 3.63) is 121 Å². The van der Waals surface area contributed by atoms with Gasteiger partial charge in [-0.2, -0.15) is 0 Å². The van der Waals surface area contributed by atoms with Crippen molar-refractivity contribution in [1.29, 1.82) is 0 Å². The summed E-state index contributed by atoms with van der Waals surface area (Å²) in [6, 6.07) is 40.5. The van der Waals surface area contributed by atoms with Crippen LogP contribution in [0.1, 0.15) is 0 Å². The maximum absolute atomic E-state index is 2.22. The van der Waals surface area contributed by atoms with Gasteiger partial charge in [0.15, 0.2) is 0 Å². The van der Waals surface area contributed by atoms with Gasteiger partial charge in [0, 0.05) is 10.4 Å². The van der Waals surface area contributed by atoms with Crippen LogP contribution in [0.15, 0.2) is 121 Å². The summed E-state index contributed by atoms with van der Waals surface area (Å²) in [5, 5.41) is 2.16. The van der Waals surface area contributed by atoms with Crippen LogP contribution >= 0.6 is 11.3 Å². The summed E-state index contributed by atoms with van der Waals surface area (Å²) < 4.78 is 0. The van der Waals surface area contributed by atoms with Gasteiger partial charge in [-0.25, -0.2) is 0 Å². The Kier molecular flexibility index (Phi) is 5.42. The molecule has 4 aromatic rings. The van der Waals surface area contributed by atoms with Gasteiger partial charge in [-0.3, -0.25) is 0 Å². The number of hydrogen-bond acceptors (Lipinski definition) is 1. The molecule has 3 aromatic carbocycles. The van der Waals surface area contributed by atoms with E-state index in [4.69, 9.17) is 0 Å². The van der Waals surface area contributed by atoms with Crippen LogP contribution in [-0.4, -0.2) is 0 Å². The lowest BCUT2D eigenvalue weighted by Gasteiger charge is -2.13. The highest BCUT2D eigenvalue weighted by atomic mass is 32.1. The second-order valence-electron chi connectivity index (χ2n) is 6.21. The zero-order chi connectivity index (χ0) is 18.3. The fraction of sp³-hybridized carbons (Fsp3) is 0. The van der Waals surface area contributed by atoms with Crippen LogP contribution in [0.3, 0.4) is 0 Å². The number of hydrogen-bond donors (Lipinski definition) is 0. The van der Waals surface area contributed by atoms with Gasteiger partial charge in [0.05, 0.1) is 0 Å². The molecule has 1 heteroatoms. The van der Waals surface area contributed by atoms with E-state index in [9.17, 15) is 0 Å². The summed E-state index contributed by atoms with van der Waals surface area (Å²) in [6.45, 7) is 0. The molecule has 0 radical (unpaired) electrons. The predicted octanol–water partition coefficient (Wildman–Crippen LogP) is 7.87. The van der Waals surface area contributed by atoms with Crippen molar-refractivity contribution < 1.29 is 0 Å². The van der Waals surface area contributed by atoms with Crippen LogP contribution in [0, 0.1) is 0 Å². The van der Waals surface area contributed by atoms with Crippen LogP contribution in [0.2, 0.25) is 0 Å². The molecular weight excluding hydrogens is 344 g/mol. The smallest absolute Gasteiger partial charge is 0.0427 e. The van der Waals surface area contributed by atoms with Gasteiger partial charge in [0.2, 0.25) is 0 Å². The Bertz CT molecular complexity index is 979. The Balaban J connectivity index is 2.15. The Labute approximate surface area is 164 Å². The molecule has 1 aromatic heterocycles. The summed E-state index contributed by atoms with van der Waals surface area (Å²) in [6.07, 6.45) is 0. The zero-order valence-corrected chi connectivity index (χ0v) is 15.8. The quantitative estimate of drug-likeness (QED) is 0.347. The van der Waals surface area contributed by atoms with E-state index in [0.717, 1.165) is 0 Å². The molecule has 0 aliphatic heterocycles. The molecule has 4 rings (SSSR count). The molecule has 0 atom stereocenters. The molecule has 0 unspecified atom stereocenters. The van der Waals surface area contributed by atoms with Crippen LogP contribution in [-0.2, 0) is 0 Å². The lowest BCUT2D eigenvalue weighted by Crippen LogP contribution is -1.86. The summed E-state index contributed by atoms with van der Waals surface area (Å²) in [5.74, 6) is 0. The molecule has 0 spiro atoms. The lowest BCUT2D eigenvalue weighted by molar-refractivity contribution is 1.60. The van der Waals surface area contributed by atoms with E-state index in [1.54, 1.807) is 11.3 Å². The molecule has 130 valence electrons. The molecule has 0 aliphatic carbocycles. The van der Waals surface area contributed by atoms with Crippen LogP contribution in [0.4, 0.5) is 0 Å². The number of rotatable bonds is 3. The topological polar surface area (TPSA) is 0 Å². The van der Waals surface area contributed by atoms with E-state index in [1.165, 1.54) is 32.7 Å². The van der Waals surface area contributed by atoms with Gasteiger partial charge in [-0.15, -0.1) is 11.3 Å². The molecule has 0 N–H and O–H groups in total. The second kappa shape index (κ2) is 8.48. The van der Waals surface area contributed by atoms with Gasteiger partial charge in [-0.1, -0.05) is 115 Å². The normalized spacial score (nSPS) is 10.2. The SMILES string of the molecule is c1ccc(-c2cccccsc(-c3ccccc3)c2-c2ccccc2)cc1. The van der Waals surface area contributed by atoms with Crippen molar-refractivity contribution in [2.24, 2.45) is 0 Å². The second-order valence-corrected chi connectivity index (χ2v) is 7.13. The van der Waals surface area contributed by atoms with Crippen LogP contribution < -0.4 is 0 Å². The standard InChI is InChI=1S/C26H20S/c1-5-13-21(14-6-1)24-19-11-4-12-20-27-26(23-17-9-3-10-18-23)25(24)22-15-7-2-8-16-22/h1-20H. The zero-order valence-electron chi connectivity index (χ0n) is 15.0. The highest BCUT2D eigenvalue weighted by Crippen LogP contribution is 2.40. The van der Waals surface area contributed by atoms with E-state index >= 15 is 0 Å². The van der Waals surface area contributed by atoms with E-state index in [0.29, 0.717) is 0 Å². The first-order valence-corrected chi connectivity index (χ1v) is 9.92. The van der Waals surface area contributed by atoms with Crippen molar-refractivity contribution in [2.75, 3.05) is 0 Å². The highest BCUT2D eigenvalue weighted by Gasteiger charge is 2.12. The van der Waals surface area contributed by atoms with Gasteiger partial charge >= 0.3 is 0 Å². The fourth-order valence-corrected chi connectivity index (χ4v) is 4.11. The average Bonchev–Trinajstić information content (AvgIpc) is 2.86.